The number of rotatable bonds is 5. The number of hydrogen-bond donors (Lipinski definition) is 1. The number of aromatic nitrogens is 1. The molecule has 0 aliphatic rings. The third-order valence-electron chi connectivity index (χ3n) is 3.38. The normalized spacial score (nSPS) is 12.6. The molecule has 1 amide bonds. The van der Waals surface area contributed by atoms with E-state index in [1.165, 1.54) is 0 Å². The van der Waals surface area contributed by atoms with Crippen molar-refractivity contribution in [2.45, 2.75) is 32.7 Å². The van der Waals surface area contributed by atoms with Gasteiger partial charge in [-0.15, -0.1) is 0 Å². The predicted molar refractivity (Wildman–Crippen MR) is 84.6 cm³/mol. The summed E-state index contributed by atoms with van der Waals surface area (Å²) in [4.78, 5) is 12.1. The number of nitrogens with zero attached hydrogens (tertiary/aromatic N) is 1. The number of amides is 1. The molecule has 2 aromatic rings. The molecule has 0 bridgehead atoms. The van der Waals surface area contributed by atoms with Crippen molar-refractivity contribution in [3.05, 3.63) is 34.4 Å². The summed E-state index contributed by atoms with van der Waals surface area (Å²) in [7, 11) is 0. The minimum Gasteiger partial charge on any atom is -0.354 e. The Hall–Kier alpha value is -1.19. The van der Waals surface area contributed by atoms with Crippen molar-refractivity contribution in [3.63, 3.8) is 0 Å². The van der Waals surface area contributed by atoms with Gasteiger partial charge in [0.05, 0.1) is 10.5 Å². The van der Waals surface area contributed by atoms with Crippen molar-refractivity contribution in [3.8, 4) is 0 Å². The van der Waals surface area contributed by atoms with Crippen molar-refractivity contribution in [2.75, 3.05) is 6.54 Å². The number of unbranched alkanes of at least 4 members (excludes halogenated alkanes) is 1. The number of benzene rings is 1. The molecule has 0 fully saturated rings. The van der Waals surface area contributed by atoms with E-state index in [2.05, 4.69) is 12.2 Å². The van der Waals surface area contributed by atoms with E-state index in [4.69, 9.17) is 23.2 Å². The summed E-state index contributed by atoms with van der Waals surface area (Å²) < 4.78 is 1.90. The zero-order valence-electron chi connectivity index (χ0n) is 11.6. The maximum atomic E-state index is 12.1. The van der Waals surface area contributed by atoms with Gasteiger partial charge in [0, 0.05) is 23.2 Å². The monoisotopic (exact) mass is 312 g/mol. The first-order chi connectivity index (χ1) is 9.54. The Kier molecular flexibility index (Phi) is 4.95. The van der Waals surface area contributed by atoms with Gasteiger partial charge >= 0.3 is 0 Å². The molecule has 1 aromatic carbocycles. The number of carbonyl (C=O) groups is 1. The largest absolute Gasteiger partial charge is 0.354 e. The first kappa shape index (κ1) is 15.2. The van der Waals surface area contributed by atoms with E-state index in [1.807, 2.05) is 29.8 Å². The quantitative estimate of drug-likeness (QED) is 0.814. The molecule has 0 aliphatic carbocycles. The van der Waals surface area contributed by atoms with Gasteiger partial charge in [-0.2, -0.15) is 0 Å². The minimum absolute atomic E-state index is 0.00653. The van der Waals surface area contributed by atoms with Crippen LogP contribution in [-0.2, 0) is 4.79 Å². The molecule has 1 atom stereocenters. The van der Waals surface area contributed by atoms with Crippen LogP contribution in [0.3, 0.4) is 0 Å². The maximum absolute atomic E-state index is 12.1. The molecule has 108 valence electrons. The average Bonchev–Trinajstić information content (AvgIpc) is 2.81. The van der Waals surface area contributed by atoms with Crippen LogP contribution in [-0.4, -0.2) is 17.0 Å². The zero-order valence-corrected chi connectivity index (χ0v) is 13.1. The van der Waals surface area contributed by atoms with Crippen molar-refractivity contribution < 1.29 is 4.79 Å². The number of fused-ring (bicyclic) bond motifs is 1. The fourth-order valence-electron chi connectivity index (χ4n) is 2.19. The van der Waals surface area contributed by atoms with Gasteiger partial charge < -0.3 is 9.88 Å². The number of carbonyl (C=O) groups excluding carboxylic acids is 1. The van der Waals surface area contributed by atoms with Crippen molar-refractivity contribution >= 4 is 40.0 Å². The molecular weight excluding hydrogens is 295 g/mol. The molecular formula is C15H18Cl2N2O. The highest BCUT2D eigenvalue weighted by atomic mass is 35.5. The average molecular weight is 313 g/mol. The lowest BCUT2D eigenvalue weighted by molar-refractivity contribution is -0.123. The summed E-state index contributed by atoms with van der Waals surface area (Å²) in [5.74, 6) is 0.00653. The Balaban J connectivity index is 2.26. The summed E-state index contributed by atoms with van der Waals surface area (Å²) >= 11 is 12.2. The molecule has 1 aromatic heterocycles. The highest BCUT2D eigenvalue weighted by Crippen LogP contribution is 2.30. The second-order valence-corrected chi connectivity index (χ2v) is 5.71. The fourth-order valence-corrected chi connectivity index (χ4v) is 2.73. The smallest absolute Gasteiger partial charge is 0.242 e. The lowest BCUT2D eigenvalue weighted by Gasteiger charge is -2.15. The molecule has 1 heterocycles. The van der Waals surface area contributed by atoms with E-state index in [0.717, 1.165) is 23.7 Å². The summed E-state index contributed by atoms with van der Waals surface area (Å²) in [6, 6.07) is 5.16. The first-order valence-corrected chi connectivity index (χ1v) is 7.53. The summed E-state index contributed by atoms with van der Waals surface area (Å²) in [6.07, 6.45) is 3.92. The fraction of sp³-hybridized carbons (Fsp3) is 0.400. The molecule has 1 N–H and O–H groups in total. The molecule has 0 spiro atoms. The van der Waals surface area contributed by atoms with Gasteiger partial charge in [0.25, 0.3) is 0 Å². The number of halogens is 2. The van der Waals surface area contributed by atoms with E-state index in [-0.39, 0.29) is 11.9 Å². The van der Waals surface area contributed by atoms with E-state index in [0.29, 0.717) is 16.6 Å². The number of nitrogens with one attached hydrogen (secondary N) is 1. The molecule has 0 radical (unpaired) electrons. The molecule has 0 aliphatic heterocycles. The summed E-state index contributed by atoms with van der Waals surface area (Å²) in [5.41, 5.74) is 0.876. The standard InChI is InChI=1S/C15H18Cl2N2O/c1-3-4-6-18-15(20)10(2)19-7-5-12-13(17)8-11(16)9-14(12)19/h5,7-10H,3-4,6H2,1-2H3,(H,18,20). The summed E-state index contributed by atoms with van der Waals surface area (Å²) in [5, 5.41) is 5.02. The lowest BCUT2D eigenvalue weighted by atomic mass is 10.2. The van der Waals surface area contributed by atoms with E-state index in [9.17, 15) is 4.79 Å². The second-order valence-electron chi connectivity index (χ2n) is 4.86. The van der Waals surface area contributed by atoms with Crippen molar-refractivity contribution in [1.29, 1.82) is 0 Å². The van der Waals surface area contributed by atoms with Crippen molar-refractivity contribution in [1.82, 2.24) is 9.88 Å². The van der Waals surface area contributed by atoms with Gasteiger partial charge in [-0.1, -0.05) is 36.5 Å². The van der Waals surface area contributed by atoms with Crippen LogP contribution in [0.5, 0.6) is 0 Å². The van der Waals surface area contributed by atoms with Gasteiger partial charge in [-0.05, 0) is 31.5 Å². The van der Waals surface area contributed by atoms with Gasteiger partial charge in [0.1, 0.15) is 6.04 Å². The Morgan fingerprint density at radius 2 is 2.15 bits per heavy atom. The van der Waals surface area contributed by atoms with Gasteiger partial charge in [-0.25, -0.2) is 0 Å². The first-order valence-electron chi connectivity index (χ1n) is 6.78. The molecule has 0 saturated carbocycles. The molecule has 5 heteroatoms. The molecule has 3 nitrogen and oxygen atoms in total. The van der Waals surface area contributed by atoms with E-state index < -0.39 is 0 Å². The van der Waals surface area contributed by atoms with Crippen LogP contribution in [0.25, 0.3) is 10.9 Å². The van der Waals surface area contributed by atoms with Crippen LogP contribution in [0.4, 0.5) is 0 Å². The minimum atomic E-state index is -0.293. The third-order valence-corrected chi connectivity index (χ3v) is 3.91. The maximum Gasteiger partial charge on any atom is 0.242 e. The van der Waals surface area contributed by atoms with Crippen LogP contribution >= 0.6 is 23.2 Å². The van der Waals surface area contributed by atoms with E-state index >= 15 is 0 Å². The second kappa shape index (κ2) is 6.51. The highest BCUT2D eigenvalue weighted by molar-refractivity contribution is 6.38. The van der Waals surface area contributed by atoms with E-state index in [1.54, 1.807) is 6.07 Å². The van der Waals surface area contributed by atoms with Crippen LogP contribution in [0.1, 0.15) is 32.7 Å². The molecule has 0 saturated heterocycles. The zero-order chi connectivity index (χ0) is 14.7. The van der Waals surface area contributed by atoms with Crippen LogP contribution in [0.2, 0.25) is 10.0 Å². The molecule has 1 unspecified atom stereocenters. The Morgan fingerprint density at radius 3 is 2.85 bits per heavy atom. The lowest BCUT2D eigenvalue weighted by Crippen LogP contribution is -2.31. The molecule has 2 rings (SSSR count). The van der Waals surface area contributed by atoms with Crippen LogP contribution in [0.15, 0.2) is 24.4 Å². The Morgan fingerprint density at radius 1 is 1.40 bits per heavy atom. The Bertz CT molecular complexity index is 622. The predicted octanol–water partition coefficient (Wildman–Crippen LogP) is 4.43. The van der Waals surface area contributed by atoms with Crippen LogP contribution in [0, 0.1) is 0 Å². The number of hydrogen-bond acceptors (Lipinski definition) is 1. The van der Waals surface area contributed by atoms with Crippen molar-refractivity contribution in [2.24, 2.45) is 0 Å². The van der Waals surface area contributed by atoms with Gasteiger partial charge in [0.15, 0.2) is 0 Å². The topological polar surface area (TPSA) is 34.0 Å². The van der Waals surface area contributed by atoms with Gasteiger partial charge in [0.2, 0.25) is 5.91 Å². The third kappa shape index (κ3) is 3.10. The van der Waals surface area contributed by atoms with Gasteiger partial charge in [-0.3, -0.25) is 4.79 Å². The van der Waals surface area contributed by atoms with Crippen LogP contribution < -0.4 is 5.32 Å². The molecule has 20 heavy (non-hydrogen) atoms. The summed E-state index contributed by atoms with van der Waals surface area (Å²) in [6.45, 7) is 4.68. The Labute approximate surface area is 128 Å². The SMILES string of the molecule is CCCCNC(=O)C(C)n1ccc2c(Cl)cc(Cl)cc21. The highest BCUT2D eigenvalue weighted by Gasteiger charge is 2.17.